The van der Waals surface area contributed by atoms with Gasteiger partial charge in [-0.25, -0.2) is 4.98 Å². The monoisotopic (exact) mass is 388 g/mol. The van der Waals surface area contributed by atoms with Gasteiger partial charge >= 0.3 is 0 Å². The zero-order valence-corrected chi connectivity index (χ0v) is 16.3. The maximum atomic E-state index is 10.8. The molecular weight excluding hydrogens is 364 g/mol. The number of aliphatic hydroxyl groups excluding tert-OH is 1. The molecule has 2 N–H and O–H groups in total. The highest BCUT2D eigenvalue weighted by molar-refractivity contribution is 7.17. The SMILES string of the molecule is CCOc1ccc(C(c2sc3nc(C)nn3c2O)N2CCC(O)CC2)cc1. The van der Waals surface area contributed by atoms with Crippen molar-refractivity contribution in [3.05, 3.63) is 40.5 Å². The number of likely N-dealkylation sites (tertiary alicyclic amines) is 1. The Kier molecular flexibility index (Phi) is 5.03. The van der Waals surface area contributed by atoms with E-state index < -0.39 is 0 Å². The number of nitrogens with zero attached hydrogens (tertiary/aromatic N) is 4. The molecule has 27 heavy (non-hydrogen) atoms. The van der Waals surface area contributed by atoms with Crippen molar-refractivity contribution in [1.82, 2.24) is 19.5 Å². The number of ether oxygens (including phenoxy) is 1. The average molecular weight is 388 g/mol. The van der Waals surface area contributed by atoms with Crippen LogP contribution in [0.5, 0.6) is 11.6 Å². The molecule has 3 heterocycles. The number of hydrogen-bond acceptors (Lipinski definition) is 7. The normalized spacial score (nSPS) is 17.4. The van der Waals surface area contributed by atoms with Crippen LogP contribution in [0.25, 0.3) is 4.96 Å². The molecule has 8 heteroatoms. The molecule has 1 fully saturated rings. The van der Waals surface area contributed by atoms with Crippen LogP contribution < -0.4 is 4.74 Å². The number of hydrogen-bond donors (Lipinski definition) is 2. The van der Waals surface area contributed by atoms with Gasteiger partial charge in [-0.15, -0.1) is 5.10 Å². The van der Waals surface area contributed by atoms with Crippen LogP contribution in [0.4, 0.5) is 0 Å². The van der Waals surface area contributed by atoms with E-state index >= 15 is 0 Å². The highest BCUT2D eigenvalue weighted by Gasteiger charge is 2.31. The molecule has 0 saturated carbocycles. The van der Waals surface area contributed by atoms with Gasteiger partial charge in [0.25, 0.3) is 0 Å². The van der Waals surface area contributed by atoms with Gasteiger partial charge in [0, 0.05) is 13.1 Å². The molecule has 1 aromatic carbocycles. The van der Waals surface area contributed by atoms with Crippen molar-refractivity contribution in [1.29, 1.82) is 0 Å². The first-order valence-corrected chi connectivity index (χ1v) is 10.1. The lowest BCUT2D eigenvalue weighted by atomic mass is 9.99. The summed E-state index contributed by atoms with van der Waals surface area (Å²) in [6.07, 6.45) is 1.21. The van der Waals surface area contributed by atoms with E-state index in [2.05, 4.69) is 15.0 Å². The average Bonchev–Trinajstić information content (AvgIpc) is 3.16. The molecule has 7 nitrogen and oxygen atoms in total. The van der Waals surface area contributed by atoms with Crippen LogP contribution in [0.1, 0.15) is 42.1 Å². The molecule has 0 bridgehead atoms. The van der Waals surface area contributed by atoms with Crippen molar-refractivity contribution in [2.75, 3.05) is 19.7 Å². The summed E-state index contributed by atoms with van der Waals surface area (Å²) in [4.78, 5) is 8.22. The Bertz CT molecular complexity index is 913. The van der Waals surface area contributed by atoms with Crippen molar-refractivity contribution >= 4 is 16.3 Å². The third-order valence-electron chi connectivity index (χ3n) is 4.93. The predicted molar refractivity (Wildman–Crippen MR) is 104 cm³/mol. The van der Waals surface area contributed by atoms with Crippen LogP contribution in [-0.4, -0.2) is 55.5 Å². The minimum atomic E-state index is -0.249. The van der Waals surface area contributed by atoms with Gasteiger partial charge in [0.15, 0.2) is 0 Å². The fourth-order valence-corrected chi connectivity index (χ4v) is 4.77. The van der Waals surface area contributed by atoms with Crippen molar-refractivity contribution in [3.63, 3.8) is 0 Å². The van der Waals surface area contributed by atoms with E-state index in [9.17, 15) is 10.2 Å². The molecule has 0 spiro atoms. The highest BCUT2D eigenvalue weighted by atomic mass is 32.1. The number of benzene rings is 1. The fourth-order valence-electron chi connectivity index (χ4n) is 3.61. The predicted octanol–water partition coefficient (Wildman–Crippen LogP) is 2.75. The number of aromatic nitrogens is 3. The topological polar surface area (TPSA) is 83.1 Å². The second kappa shape index (κ2) is 7.46. The highest BCUT2D eigenvalue weighted by Crippen LogP contribution is 2.41. The van der Waals surface area contributed by atoms with Gasteiger partial charge in [0.05, 0.1) is 23.6 Å². The quantitative estimate of drug-likeness (QED) is 0.699. The van der Waals surface area contributed by atoms with Crippen LogP contribution >= 0.6 is 11.3 Å². The van der Waals surface area contributed by atoms with Gasteiger partial charge in [-0.2, -0.15) is 4.52 Å². The summed E-state index contributed by atoms with van der Waals surface area (Å²) < 4.78 is 7.07. The van der Waals surface area contributed by atoms with Crippen LogP contribution in [0.2, 0.25) is 0 Å². The maximum Gasteiger partial charge on any atom is 0.230 e. The summed E-state index contributed by atoms with van der Waals surface area (Å²) in [6.45, 7) is 5.94. The fraction of sp³-hybridized carbons (Fsp3) is 0.474. The van der Waals surface area contributed by atoms with E-state index in [1.54, 1.807) is 0 Å². The molecule has 1 aliphatic rings. The van der Waals surface area contributed by atoms with Gasteiger partial charge < -0.3 is 14.9 Å². The largest absolute Gasteiger partial charge is 0.494 e. The molecule has 1 unspecified atom stereocenters. The van der Waals surface area contributed by atoms with Crippen molar-refractivity contribution in [2.24, 2.45) is 0 Å². The molecule has 1 saturated heterocycles. The minimum Gasteiger partial charge on any atom is -0.494 e. The van der Waals surface area contributed by atoms with Crippen LogP contribution in [0.15, 0.2) is 24.3 Å². The minimum absolute atomic E-state index is 0.109. The molecule has 2 aromatic heterocycles. The number of aryl methyl sites for hydroxylation is 1. The summed E-state index contributed by atoms with van der Waals surface area (Å²) in [5.74, 6) is 1.61. The Hall–Kier alpha value is -2.16. The number of rotatable bonds is 5. The molecule has 4 rings (SSSR count). The zero-order chi connectivity index (χ0) is 19.0. The second-order valence-electron chi connectivity index (χ2n) is 6.82. The number of piperidine rings is 1. The Labute approximate surface area is 161 Å². The standard InChI is InChI=1S/C19H24N4O3S/c1-3-26-15-6-4-13(5-7-15)16(22-10-8-14(24)9-11-22)17-18(25)23-19(27-17)20-12(2)21-23/h4-7,14,16,24-25H,3,8-11H2,1-2H3. The zero-order valence-electron chi connectivity index (χ0n) is 15.5. The summed E-state index contributed by atoms with van der Waals surface area (Å²) in [7, 11) is 0. The lowest BCUT2D eigenvalue weighted by Crippen LogP contribution is -2.38. The number of aromatic hydroxyl groups is 1. The summed E-state index contributed by atoms with van der Waals surface area (Å²) in [6, 6.07) is 7.90. The van der Waals surface area contributed by atoms with Crippen molar-refractivity contribution in [2.45, 2.75) is 38.8 Å². The maximum absolute atomic E-state index is 10.8. The van der Waals surface area contributed by atoms with Crippen LogP contribution in [0.3, 0.4) is 0 Å². The van der Waals surface area contributed by atoms with E-state index in [-0.39, 0.29) is 18.0 Å². The van der Waals surface area contributed by atoms with Gasteiger partial charge in [-0.1, -0.05) is 23.5 Å². The summed E-state index contributed by atoms with van der Waals surface area (Å²) >= 11 is 1.46. The van der Waals surface area contributed by atoms with Gasteiger partial charge in [0.1, 0.15) is 11.6 Å². The van der Waals surface area contributed by atoms with Crippen LogP contribution in [-0.2, 0) is 0 Å². The number of thiazole rings is 1. The Balaban J connectivity index is 1.74. The van der Waals surface area contributed by atoms with E-state index in [1.165, 1.54) is 15.9 Å². The van der Waals surface area contributed by atoms with E-state index in [0.29, 0.717) is 17.4 Å². The first-order valence-electron chi connectivity index (χ1n) is 9.26. The molecule has 0 aliphatic carbocycles. The first kappa shape index (κ1) is 18.2. The Morgan fingerprint density at radius 1 is 1.26 bits per heavy atom. The molecule has 1 atom stereocenters. The van der Waals surface area contributed by atoms with Crippen molar-refractivity contribution < 1.29 is 14.9 Å². The van der Waals surface area contributed by atoms with E-state index in [1.807, 2.05) is 38.1 Å². The second-order valence-corrected chi connectivity index (χ2v) is 7.82. The van der Waals surface area contributed by atoms with Crippen molar-refractivity contribution in [3.8, 4) is 11.6 Å². The molecule has 1 aliphatic heterocycles. The lowest BCUT2D eigenvalue weighted by molar-refractivity contribution is 0.0689. The molecule has 144 valence electrons. The Morgan fingerprint density at radius 3 is 2.59 bits per heavy atom. The molecule has 0 radical (unpaired) electrons. The Morgan fingerprint density at radius 2 is 1.96 bits per heavy atom. The third kappa shape index (κ3) is 3.52. The lowest BCUT2D eigenvalue weighted by Gasteiger charge is -2.36. The molecule has 0 amide bonds. The van der Waals surface area contributed by atoms with Gasteiger partial charge in [-0.3, -0.25) is 4.90 Å². The van der Waals surface area contributed by atoms with E-state index in [0.717, 1.165) is 42.1 Å². The third-order valence-corrected chi connectivity index (χ3v) is 6.00. The first-order chi connectivity index (χ1) is 13.1. The number of aliphatic hydroxyl groups is 1. The summed E-state index contributed by atoms with van der Waals surface area (Å²) in [5, 5.41) is 25.0. The van der Waals surface area contributed by atoms with Crippen LogP contribution in [0, 0.1) is 6.92 Å². The van der Waals surface area contributed by atoms with Gasteiger partial charge in [0.2, 0.25) is 10.8 Å². The smallest absolute Gasteiger partial charge is 0.230 e. The van der Waals surface area contributed by atoms with Gasteiger partial charge in [-0.05, 0) is 44.4 Å². The molecular formula is C19H24N4O3S. The van der Waals surface area contributed by atoms with E-state index in [4.69, 9.17) is 4.74 Å². The molecule has 3 aromatic rings. The summed E-state index contributed by atoms with van der Waals surface area (Å²) in [5.41, 5.74) is 1.08. The number of fused-ring (bicyclic) bond motifs is 1.